The minimum Gasteiger partial charge on any atom is -0.135 e. The molecule has 2 aromatic heterocycles. The Balaban J connectivity index is 0.948. The maximum Gasteiger partial charge on any atom is 0.0362 e. The van der Waals surface area contributed by atoms with Gasteiger partial charge in [0.15, 0.2) is 0 Å². The summed E-state index contributed by atoms with van der Waals surface area (Å²) >= 11 is 3.81. The number of hydrogen-bond donors (Lipinski definition) is 0. The van der Waals surface area contributed by atoms with Crippen molar-refractivity contribution >= 4 is 117 Å². The van der Waals surface area contributed by atoms with Gasteiger partial charge in [0, 0.05) is 45.7 Å². The maximum absolute atomic E-state index is 2.41. The van der Waals surface area contributed by atoms with Crippen molar-refractivity contribution in [1.29, 1.82) is 0 Å². The van der Waals surface area contributed by atoms with Crippen molar-refractivity contribution in [2.24, 2.45) is 0 Å². The van der Waals surface area contributed by atoms with Crippen LogP contribution in [0.5, 0.6) is 0 Å². The molecule has 0 aliphatic carbocycles. The Morgan fingerprint density at radius 2 is 0.741 bits per heavy atom. The second kappa shape index (κ2) is 12.3. The predicted molar refractivity (Wildman–Crippen MR) is 256 cm³/mol. The van der Waals surface area contributed by atoms with Crippen LogP contribution in [-0.2, 0) is 0 Å². The first-order chi connectivity index (χ1) is 28.7. The molecule has 0 saturated heterocycles. The van der Waals surface area contributed by atoms with Crippen LogP contribution in [-0.4, -0.2) is 0 Å². The van der Waals surface area contributed by atoms with E-state index in [2.05, 4.69) is 194 Å². The Kier molecular flexibility index (Phi) is 6.86. The van der Waals surface area contributed by atoms with E-state index in [-0.39, 0.29) is 0 Å². The van der Waals surface area contributed by atoms with E-state index in [4.69, 9.17) is 0 Å². The molecule has 2 heterocycles. The normalized spacial score (nSPS) is 12.1. The summed E-state index contributed by atoms with van der Waals surface area (Å²) in [5, 5.41) is 18.3. The quantitative estimate of drug-likeness (QED) is 0.157. The van der Waals surface area contributed by atoms with E-state index in [0.717, 1.165) is 0 Å². The zero-order chi connectivity index (χ0) is 37.9. The second-order valence-electron chi connectivity index (χ2n) is 15.5. The van der Waals surface area contributed by atoms with Crippen LogP contribution in [0.2, 0.25) is 0 Å². The van der Waals surface area contributed by atoms with Crippen molar-refractivity contribution < 1.29 is 0 Å². The van der Waals surface area contributed by atoms with E-state index in [1.165, 1.54) is 128 Å². The predicted octanol–water partition coefficient (Wildman–Crippen LogP) is 17.2. The smallest absolute Gasteiger partial charge is 0.0362 e. The minimum absolute atomic E-state index is 1.24. The Morgan fingerprint density at radius 1 is 0.241 bits per heavy atom. The molecule has 268 valence electrons. The fraction of sp³-hybridized carbons (Fsp3) is 0. The molecule has 0 aliphatic heterocycles. The fourth-order valence-corrected chi connectivity index (χ4v) is 12.1. The third-order valence-corrected chi connectivity index (χ3v) is 14.7. The summed E-state index contributed by atoms with van der Waals surface area (Å²) in [5.41, 5.74) is 7.60. The van der Waals surface area contributed by atoms with E-state index >= 15 is 0 Å². The molecule has 58 heavy (non-hydrogen) atoms. The average molecular weight is 769 g/mol. The third kappa shape index (κ3) is 4.68. The second-order valence-corrected chi connectivity index (χ2v) is 17.7. The summed E-state index contributed by atoms with van der Waals surface area (Å²) in [6.07, 6.45) is 0. The lowest BCUT2D eigenvalue weighted by Gasteiger charge is -2.19. The Bertz CT molecular complexity index is 3800. The van der Waals surface area contributed by atoms with Gasteiger partial charge in [-0.25, -0.2) is 0 Å². The highest BCUT2D eigenvalue weighted by Crippen LogP contribution is 2.48. The van der Waals surface area contributed by atoms with E-state index in [1.54, 1.807) is 0 Å². The van der Waals surface area contributed by atoms with E-state index in [9.17, 15) is 0 Å². The molecule has 13 aromatic rings. The number of rotatable bonds is 3. The molecule has 0 spiro atoms. The molecule has 0 saturated carbocycles. The topological polar surface area (TPSA) is 0 Å². The molecule has 0 N–H and O–H groups in total. The summed E-state index contributed by atoms with van der Waals surface area (Å²) in [5.74, 6) is 0. The maximum atomic E-state index is 2.41. The number of fused-ring (bicyclic) bond motifs is 13. The molecular weight excluding hydrogens is 737 g/mol. The monoisotopic (exact) mass is 768 g/mol. The van der Waals surface area contributed by atoms with Gasteiger partial charge >= 0.3 is 0 Å². The SMILES string of the molecule is c1ccc2c(-c3c4ccccc4c(-c4ccc5cc(-c6ccc7c(c6)sc6ccc8ccc9sc%10ccccc%10c9c8c67)ccc5c4)c4ccccc34)cccc2c1. The molecule has 11 aromatic carbocycles. The van der Waals surface area contributed by atoms with Crippen LogP contribution < -0.4 is 0 Å². The summed E-state index contributed by atoms with van der Waals surface area (Å²) in [7, 11) is 0. The standard InChI is InChI=1S/C56H32S2/c1-2-12-40-33(10-1)11-9-18-41(40)54-44-15-5-3-13-42(44)52(43-14-4-6-16-45(43)54)39-23-22-35-30-36(20-21-37(35)31-39)38-24-27-47-51(32-38)58-50-29-26-34-25-28-49-55(53(34)56(47)50)46-17-7-8-19-48(46)57-49/h1-32H. The molecule has 0 aliphatic rings. The van der Waals surface area contributed by atoms with Crippen molar-refractivity contribution in [3.63, 3.8) is 0 Å². The van der Waals surface area contributed by atoms with Crippen molar-refractivity contribution in [3.05, 3.63) is 194 Å². The van der Waals surface area contributed by atoms with Gasteiger partial charge in [-0.1, -0.05) is 158 Å². The first-order valence-corrected chi connectivity index (χ1v) is 21.5. The summed E-state index contributed by atoms with van der Waals surface area (Å²) in [4.78, 5) is 0. The summed E-state index contributed by atoms with van der Waals surface area (Å²) < 4.78 is 5.39. The van der Waals surface area contributed by atoms with Crippen molar-refractivity contribution in [2.75, 3.05) is 0 Å². The molecule has 0 amide bonds. The van der Waals surface area contributed by atoms with Crippen LogP contribution >= 0.6 is 22.7 Å². The molecule has 13 rings (SSSR count). The first kappa shape index (κ1) is 32.3. The van der Waals surface area contributed by atoms with Gasteiger partial charge in [0.2, 0.25) is 0 Å². The van der Waals surface area contributed by atoms with Crippen molar-refractivity contribution in [3.8, 4) is 33.4 Å². The molecule has 0 unspecified atom stereocenters. The average Bonchev–Trinajstić information content (AvgIpc) is 3.86. The van der Waals surface area contributed by atoms with Gasteiger partial charge in [0.05, 0.1) is 0 Å². The van der Waals surface area contributed by atoms with E-state index in [0.29, 0.717) is 0 Å². The van der Waals surface area contributed by atoms with Crippen molar-refractivity contribution in [2.45, 2.75) is 0 Å². The zero-order valence-electron chi connectivity index (χ0n) is 31.3. The largest absolute Gasteiger partial charge is 0.135 e. The van der Waals surface area contributed by atoms with Gasteiger partial charge in [0.25, 0.3) is 0 Å². The number of thiophene rings is 2. The van der Waals surface area contributed by atoms with Crippen LogP contribution in [0, 0.1) is 0 Å². The zero-order valence-corrected chi connectivity index (χ0v) is 32.9. The van der Waals surface area contributed by atoms with Crippen molar-refractivity contribution in [1.82, 2.24) is 0 Å². The molecule has 0 nitrogen and oxygen atoms in total. The molecule has 0 atom stereocenters. The summed E-state index contributed by atoms with van der Waals surface area (Å²) in [6, 6.07) is 72.6. The van der Waals surface area contributed by atoms with Gasteiger partial charge in [-0.05, 0) is 118 Å². The lowest BCUT2D eigenvalue weighted by atomic mass is 9.84. The first-order valence-electron chi connectivity index (χ1n) is 19.9. The molecule has 0 fully saturated rings. The highest BCUT2D eigenvalue weighted by molar-refractivity contribution is 7.27. The van der Waals surface area contributed by atoms with Crippen LogP contribution in [0.15, 0.2) is 194 Å². The Morgan fingerprint density at radius 3 is 1.47 bits per heavy atom. The third-order valence-electron chi connectivity index (χ3n) is 12.4. The van der Waals surface area contributed by atoms with Gasteiger partial charge in [-0.3, -0.25) is 0 Å². The number of hydrogen-bond acceptors (Lipinski definition) is 2. The lowest BCUT2D eigenvalue weighted by molar-refractivity contribution is 1.67. The molecular formula is C56H32S2. The Hall–Kier alpha value is -6.84. The summed E-state index contributed by atoms with van der Waals surface area (Å²) in [6.45, 7) is 0. The Labute approximate surface area is 342 Å². The van der Waals surface area contributed by atoms with Crippen LogP contribution in [0.1, 0.15) is 0 Å². The van der Waals surface area contributed by atoms with E-state index < -0.39 is 0 Å². The molecule has 2 heteroatoms. The van der Waals surface area contributed by atoms with Gasteiger partial charge in [-0.15, -0.1) is 22.7 Å². The van der Waals surface area contributed by atoms with Crippen LogP contribution in [0.3, 0.4) is 0 Å². The minimum atomic E-state index is 1.24. The molecule has 0 radical (unpaired) electrons. The van der Waals surface area contributed by atoms with E-state index in [1.807, 2.05) is 22.7 Å². The lowest BCUT2D eigenvalue weighted by Crippen LogP contribution is -1.91. The van der Waals surface area contributed by atoms with Crippen LogP contribution in [0.4, 0.5) is 0 Å². The highest BCUT2D eigenvalue weighted by Gasteiger charge is 2.19. The number of benzene rings is 11. The van der Waals surface area contributed by atoms with Gasteiger partial charge in [-0.2, -0.15) is 0 Å². The molecule has 0 bridgehead atoms. The highest BCUT2D eigenvalue weighted by atomic mass is 32.1. The van der Waals surface area contributed by atoms with Gasteiger partial charge < -0.3 is 0 Å². The van der Waals surface area contributed by atoms with Crippen LogP contribution in [0.25, 0.3) is 128 Å². The van der Waals surface area contributed by atoms with Gasteiger partial charge in [0.1, 0.15) is 0 Å². The fourth-order valence-electron chi connectivity index (χ4n) is 9.83.